The van der Waals surface area contributed by atoms with Gasteiger partial charge in [-0.2, -0.15) is 0 Å². The van der Waals surface area contributed by atoms with E-state index in [1.54, 1.807) is 6.20 Å². The molecule has 1 amide bonds. The van der Waals surface area contributed by atoms with E-state index in [9.17, 15) is 4.79 Å². The van der Waals surface area contributed by atoms with Crippen molar-refractivity contribution >= 4 is 27.5 Å². The minimum absolute atomic E-state index is 0.0295. The first-order valence-corrected chi connectivity index (χ1v) is 5.42. The summed E-state index contributed by atoms with van der Waals surface area (Å²) in [6.45, 7) is 3.86. The van der Waals surface area contributed by atoms with E-state index >= 15 is 0 Å². The number of carbonyl (C=O) groups excluding carboxylic acids is 1. The highest BCUT2D eigenvalue weighted by atomic mass is 79.9. The maximum absolute atomic E-state index is 11.4. The van der Waals surface area contributed by atoms with Gasteiger partial charge in [0, 0.05) is 5.69 Å². The van der Waals surface area contributed by atoms with Gasteiger partial charge < -0.3 is 5.32 Å². The Morgan fingerprint density at radius 2 is 2.36 bits per heavy atom. The van der Waals surface area contributed by atoms with E-state index in [0.29, 0.717) is 0 Å². The van der Waals surface area contributed by atoms with Crippen molar-refractivity contribution in [3.05, 3.63) is 24.0 Å². The zero-order valence-electron chi connectivity index (χ0n) is 8.25. The Bertz CT molecular complexity index is 310. The Kier molecular flexibility index (Phi) is 4.07. The van der Waals surface area contributed by atoms with Crippen molar-refractivity contribution in [2.45, 2.75) is 25.1 Å². The number of halogens is 1. The average Bonchev–Trinajstić information content (AvgIpc) is 2.20. The molecule has 1 heterocycles. The van der Waals surface area contributed by atoms with Crippen molar-refractivity contribution in [3.8, 4) is 0 Å². The van der Waals surface area contributed by atoms with E-state index in [1.807, 2.05) is 26.0 Å². The van der Waals surface area contributed by atoms with Crippen LogP contribution in [0.25, 0.3) is 0 Å². The number of rotatable bonds is 3. The number of nitrogens with one attached hydrogen (secondary N) is 1. The Balaban J connectivity index is 2.60. The molecule has 0 aliphatic carbocycles. The van der Waals surface area contributed by atoms with Gasteiger partial charge in [-0.15, -0.1) is 0 Å². The Morgan fingerprint density at radius 1 is 1.64 bits per heavy atom. The summed E-state index contributed by atoms with van der Waals surface area (Å²) in [5, 5.41) is 2.77. The van der Waals surface area contributed by atoms with Crippen LogP contribution in [0.1, 0.15) is 19.0 Å². The number of hydrogen-bond donors (Lipinski definition) is 1. The van der Waals surface area contributed by atoms with Crippen LogP contribution < -0.4 is 5.32 Å². The second-order valence-corrected chi connectivity index (χ2v) is 4.16. The molecule has 0 saturated heterocycles. The first-order valence-electron chi connectivity index (χ1n) is 4.51. The van der Waals surface area contributed by atoms with E-state index in [2.05, 4.69) is 26.2 Å². The topological polar surface area (TPSA) is 42.0 Å². The number of amides is 1. The molecule has 0 aliphatic heterocycles. The molecular formula is C10H13BrN2O. The highest BCUT2D eigenvalue weighted by Gasteiger charge is 2.11. The van der Waals surface area contributed by atoms with Crippen LogP contribution in [0.2, 0.25) is 0 Å². The van der Waals surface area contributed by atoms with Gasteiger partial charge in [-0.05, 0) is 25.5 Å². The van der Waals surface area contributed by atoms with Crippen molar-refractivity contribution in [2.75, 3.05) is 5.32 Å². The molecule has 1 unspecified atom stereocenters. The first-order chi connectivity index (χ1) is 6.63. The number of alkyl halides is 1. The summed E-state index contributed by atoms with van der Waals surface area (Å²) >= 11 is 3.28. The van der Waals surface area contributed by atoms with Crippen molar-refractivity contribution in [2.24, 2.45) is 0 Å². The molecular weight excluding hydrogens is 244 g/mol. The van der Waals surface area contributed by atoms with Crippen molar-refractivity contribution in [1.82, 2.24) is 4.98 Å². The van der Waals surface area contributed by atoms with E-state index in [0.717, 1.165) is 17.8 Å². The smallest absolute Gasteiger partial charge is 0.238 e. The summed E-state index contributed by atoms with van der Waals surface area (Å²) in [6.07, 6.45) is 2.42. The van der Waals surface area contributed by atoms with Crippen LogP contribution in [0.15, 0.2) is 18.3 Å². The monoisotopic (exact) mass is 256 g/mol. The minimum atomic E-state index is -0.135. The van der Waals surface area contributed by atoms with E-state index < -0.39 is 0 Å². The molecule has 0 saturated carbocycles. The van der Waals surface area contributed by atoms with Crippen molar-refractivity contribution in [1.29, 1.82) is 0 Å². The highest BCUT2D eigenvalue weighted by molar-refractivity contribution is 9.10. The summed E-state index contributed by atoms with van der Waals surface area (Å²) in [6, 6.07) is 3.71. The molecule has 4 heteroatoms. The largest absolute Gasteiger partial charge is 0.324 e. The SMILES string of the molecule is CCC(Br)C(=O)Nc1ccc(C)nc1. The van der Waals surface area contributed by atoms with Crippen LogP contribution in [0.3, 0.4) is 0 Å². The van der Waals surface area contributed by atoms with E-state index in [-0.39, 0.29) is 10.7 Å². The van der Waals surface area contributed by atoms with Gasteiger partial charge in [0.1, 0.15) is 0 Å². The Hall–Kier alpha value is -0.900. The number of aryl methyl sites for hydroxylation is 1. The van der Waals surface area contributed by atoms with Gasteiger partial charge in [-0.25, -0.2) is 0 Å². The number of aromatic nitrogens is 1. The maximum Gasteiger partial charge on any atom is 0.238 e. The molecule has 0 fully saturated rings. The van der Waals surface area contributed by atoms with Crippen molar-refractivity contribution in [3.63, 3.8) is 0 Å². The fourth-order valence-electron chi connectivity index (χ4n) is 0.948. The maximum atomic E-state index is 11.4. The molecule has 14 heavy (non-hydrogen) atoms. The van der Waals surface area contributed by atoms with Crippen LogP contribution in [0.4, 0.5) is 5.69 Å². The van der Waals surface area contributed by atoms with Crippen LogP contribution >= 0.6 is 15.9 Å². The summed E-state index contributed by atoms with van der Waals surface area (Å²) < 4.78 is 0. The fourth-order valence-corrected chi connectivity index (χ4v) is 1.06. The number of pyridine rings is 1. The summed E-state index contributed by atoms with van der Waals surface area (Å²) in [4.78, 5) is 15.4. The Labute approximate surface area is 92.1 Å². The van der Waals surface area contributed by atoms with Gasteiger partial charge in [0.25, 0.3) is 0 Å². The molecule has 1 aromatic heterocycles. The van der Waals surface area contributed by atoms with Crippen molar-refractivity contribution < 1.29 is 4.79 Å². The van der Waals surface area contributed by atoms with Gasteiger partial charge in [-0.3, -0.25) is 9.78 Å². The minimum Gasteiger partial charge on any atom is -0.324 e. The van der Waals surface area contributed by atoms with Crippen LogP contribution in [0.5, 0.6) is 0 Å². The third-order valence-corrected chi connectivity index (χ3v) is 2.89. The van der Waals surface area contributed by atoms with Crippen LogP contribution in [-0.2, 0) is 4.79 Å². The molecule has 0 aromatic carbocycles. The lowest BCUT2D eigenvalue weighted by Crippen LogP contribution is -2.21. The molecule has 0 aliphatic rings. The van der Waals surface area contributed by atoms with Gasteiger partial charge >= 0.3 is 0 Å². The molecule has 1 aromatic rings. The van der Waals surface area contributed by atoms with Gasteiger partial charge in [-0.1, -0.05) is 22.9 Å². The third-order valence-electron chi connectivity index (χ3n) is 1.82. The molecule has 0 radical (unpaired) electrons. The average molecular weight is 257 g/mol. The molecule has 1 atom stereocenters. The number of hydrogen-bond acceptors (Lipinski definition) is 2. The standard InChI is InChI=1S/C10H13BrN2O/c1-3-9(11)10(14)13-8-5-4-7(2)12-6-8/h4-6,9H,3H2,1-2H3,(H,13,14). The third kappa shape index (κ3) is 3.10. The van der Waals surface area contributed by atoms with E-state index in [4.69, 9.17) is 0 Å². The number of carbonyl (C=O) groups is 1. The lowest BCUT2D eigenvalue weighted by molar-refractivity contribution is -0.115. The second-order valence-electron chi connectivity index (χ2n) is 3.05. The lowest BCUT2D eigenvalue weighted by Gasteiger charge is -2.08. The zero-order valence-corrected chi connectivity index (χ0v) is 9.84. The van der Waals surface area contributed by atoms with Gasteiger partial charge in [0.15, 0.2) is 0 Å². The molecule has 0 bridgehead atoms. The predicted octanol–water partition coefficient (Wildman–Crippen LogP) is 2.50. The molecule has 3 nitrogen and oxygen atoms in total. The van der Waals surface area contributed by atoms with Crippen LogP contribution in [-0.4, -0.2) is 15.7 Å². The van der Waals surface area contributed by atoms with E-state index in [1.165, 1.54) is 0 Å². The first kappa shape index (κ1) is 11.2. The number of anilines is 1. The van der Waals surface area contributed by atoms with Gasteiger partial charge in [0.2, 0.25) is 5.91 Å². The Morgan fingerprint density at radius 3 is 2.86 bits per heavy atom. The van der Waals surface area contributed by atoms with Crippen LogP contribution in [0, 0.1) is 6.92 Å². The normalized spacial score (nSPS) is 12.2. The second kappa shape index (κ2) is 5.10. The zero-order chi connectivity index (χ0) is 10.6. The molecule has 0 spiro atoms. The summed E-state index contributed by atoms with van der Waals surface area (Å²) in [5.41, 5.74) is 1.67. The summed E-state index contributed by atoms with van der Waals surface area (Å²) in [7, 11) is 0. The highest BCUT2D eigenvalue weighted by Crippen LogP contribution is 2.10. The van der Waals surface area contributed by atoms with Gasteiger partial charge in [0.05, 0.1) is 16.7 Å². The summed E-state index contributed by atoms with van der Waals surface area (Å²) in [5.74, 6) is -0.0295. The lowest BCUT2D eigenvalue weighted by atomic mass is 10.3. The fraction of sp³-hybridized carbons (Fsp3) is 0.400. The predicted molar refractivity (Wildman–Crippen MR) is 60.6 cm³/mol. The number of nitrogens with zero attached hydrogens (tertiary/aromatic N) is 1. The quantitative estimate of drug-likeness (QED) is 0.845. The molecule has 1 N–H and O–H groups in total. The molecule has 76 valence electrons. The molecule has 1 rings (SSSR count).